The number of rotatable bonds is 11. The summed E-state index contributed by atoms with van der Waals surface area (Å²) in [4.78, 5) is 50.7. The Hall–Kier alpha value is -2.08. The quantitative estimate of drug-likeness (QED) is 0.328. The van der Waals surface area contributed by atoms with Crippen molar-refractivity contribution < 1.29 is 34.5 Å². The normalized spacial score (nSPS) is 17.8. The van der Waals surface area contributed by atoms with Gasteiger partial charge in [-0.05, 0) is 0 Å². The Balaban J connectivity index is 2.69. The minimum Gasteiger partial charge on any atom is -0.480 e. The summed E-state index contributed by atoms with van der Waals surface area (Å²) in [6.07, 6.45) is 0.657. The highest BCUT2D eigenvalue weighted by molar-refractivity contribution is 5.70. The molecule has 1 aliphatic heterocycles. The van der Waals surface area contributed by atoms with E-state index >= 15 is 0 Å². The van der Waals surface area contributed by atoms with Crippen LogP contribution in [0, 0.1) is 0 Å². The monoisotopic (exact) mass is 388 g/mol. The molecule has 0 unspecified atom stereocenters. The molecule has 0 aromatic rings. The Morgan fingerprint density at radius 1 is 0.778 bits per heavy atom. The Labute approximate surface area is 157 Å². The van der Waals surface area contributed by atoms with E-state index in [1.165, 1.54) is 4.90 Å². The summed E-state index contributed by atoms with van der Waals surface area (Å²) < 4.78 is 0. The average Bonchev–Trinajstić information content (AvgIpc) is 2.64. The van der Waals surface area contributed by atoms with Gasteiger partial charge in [0.15, 0.2) is 0 Å². The zero-order chi connectivity index (χ0) is 20.2. The summed E-state index contributed by atoms with van der Waals surface area (Å²) in [5, 5.41) is 27.0. The molecule has 0 spiro atoms. The maximum Gasteiger partial charge on any atom is 0.317 e. The minimum atomic E-state index is -1.01. The van der Waals surface area contributed by atoms with Gasteiger partial charge < -0.3 is 20.1 Å². The van der Waals surface area contributed by atoms with Crippen LogP contribution in [0.3, 0.4) is 0 Å². The summed E-state index contributed by atoms with van der Waals surface area (Å²) in [5.41, 5.74) is 0. The van der Waals surface area contributed by atoms with E-state index in [0.29, 0.717) is 58.6 Å². The molecule has 0 aliphatic carbocycles. The lowest BCUT2D eigenvalue weighted by Gasteiger charge is -2.27. The molecule has 1 fully saturated rings. The molecule has 0 amide bonds. The molecular formula is C16H28N4O7. The van der Waals surface area contributed by atoms with Gasteiger partial charge >= 0.3 is 17.9 Å². The van der Waals surface area contributed by atoms with E-state index in [1.807, 2.05) is 4.90 Å². The van der Waals surface area contributed by atoms with Crippen LogP contribution in [-0.4, -0.2) is 138 Å². The van der Waals surface area contributed by atoms with Crippen LogP contribution in [-0.2, 0) is 19.2 Å². The first kappa shape index (κ1) is 23.0. The van der Waals surface area contributed by atoms with Gasteiger partial charge in [-0.25, -0.2) is 0 Å². The molecule has 0 aromatic carbocycles. The van der Waals surface area contributed by atoms with Crippen LogP contribution in [0.2, 0.25) is 0 Å². The fourth-order valence-electron chi connectivity index (χ4n) is 2.92. The lowest BCUT2D eigenvalue weighted by atomic mass is 10.3. The number of nitrogens with zero attached hydrogens (tertiary/aromatic N) is 4. The number of aliphatic carboxylic acids is 3. The minimum absolute atomic E-state index is 0.0242. The van der Waals surface area contributed by atoms with E-state index in [1.54, 1.807) is 9.80 Å². The molecule has 27 heavy (non-hydrogen) atoms. The van der Waals surface area contributed by atoms with Crippen molar-refractivity contribution in [1.82, 2.24) is 19.6 Å². The molecule has 1 saturated heterocycles. The first-order valence-electron chi connectivity index (χ1n) is 8.78. The predicted molar refractivity (Wildman–Crippen MR) is 94.7 cm³/mol. The van der Waals surface area contributed by atoms with Gasteiger partial charge in [0.2, 0.25) is 0 Å². The SMILES string of the molecule is O=CCN(CCN1CCN(CC(=O)O)CCN(CC(=O)O)CC1)CC(=O)O. The second kappa shape index (κ2) is 12.3. The van der Waals surface area contributed by atoms with E-state index in [2.05, 4.69) is 0 Å². The van der Waals surface area contributed by atoms with Crippen molar-refractivity contribution in [3.8, 4) is 0 Å². The molecule has 1 heterocycles. The number of hydrogen-bond donors (Lipinski definition) is 3. The molecule has 0 aromatic heterocycles. The van der Waals surface area contributed by atoms with Gasteiger partial charge in [0.1, 0.15) is 6.29 Å². The molecule has 1 aliphatic rings. The zero-order valence-electron chi connectivity index (χ0n) is 15.3. The topological polar surface area (TPSA) is 142 Å². The summed E-state index contributed by atoms with van der Waals surface area (Å²) in [6.45, 7) is 3.54. The van der Waals surface area contributed by atoms with Crippen molar-refractivity contribution >= 4 is 24.2 Å². The molecule has 1 rings (SSSR count). The highest BCUT2D eigenvalue weighted by Gasteiger charge is 2.20. The fraction of sp³-hybridized carbons (Fsp3) is 0.750. The predicted octanol–water partition coefficient (Wildman–Crippen LogP) is -2.34. The Kier molecular flexibility index (Phi) is 10.5. The first-order chi connectivity index (χ1) is 12.8. The molecule has 11 nitrogen and oxygen atoms in total. The summed E-state index contributed by atoms with van der Waals surface area (Å²) in [5.74, 6) is -2.89. The van der Waals surface area contributed by atoms with Crippen LogP contribution in [0.5, 0.6) is 0 Å². The van der Waals surface area contributed by atoms with Crippen molar-refractivity contribution in [2.75, 3.05) is 78.5 Å². The summed E-state index contributed by atoms with van der Waals surface area (Å²) in [6, 6.07) is 0. The van der Waals surface area contributed by atoms with Crippen LogP contribution in [0.1, 0.15) is 0 Å². The molecule has 154 valence electrons. The lowest BCUT2D eigenvalue weighted by Crippen LogP contribution is -2.43. The van der Waals surface area contributed by atoms with Crippen LogP contribution in [0.25, 0.3) is 0 Å². The second-order valence-electron chi connectivity index (χ2n) is 6.48. The third-order valence-electron chi connectivity index (χ3n) is 4.34. The number of carbonyl (C=O) groups is 4. The standard InChI is InChI=1S/C16H28N4O7/c21-10-9-20(13-16(26)27)6-3-17-1-4-18(11-14(22)23)7-8-19(5-2-17)12-15(24)25/h10H,1-9,11-13H2,(H,22,23)(H,24,25)(H,26,27). The largest absolute Gasteiger partial charge is 0.480 e. The van der Waals surface area contributed by atoms with E-state index in [0.717, 1.165) is 0 Å². The third kappa shape index (κ3) is 10.6. The van der Waals surface area contributed by atoms with Crippen LogP contribution >= 0.6 is 0 Å². The highest BCUT2D eigenvalue weighted by Crippen LogP contribution is 2.02. The lowest BCUT2D eigenvalue weighted by molar-refractivity contribution is -0.140. The van der Waals surface area contributed by atoms with Gasteiger partial charge in [0, 0.05) is 52.4 Å². The van der Waals surface area contributed by atoms with E-state index in [-0.39, 0.29) is 26.2 Å². The van der Waals surface area contributed by atoms with Crippen molar-refractivity contribution in [2.24, 2.45) is 0 Å². The van der Waals surface area contributed by atoms with Crippen LogP contribution in [0.15, 0.2) is 0 Å². The highest BCUT2D eigenvalue weighted by atomic mass is 16.4. The van der Waals surface area contributed by atoms with Crippen LogP contribution in [0.4, 0.5) is 0 Å². The van der Waals surface area contributed by atoms with Crippen LogP contribution < -0.4 is 0 Å². The van der Waals surface area contributed by atoms with Gasteiger partial charge in [-0.2, -0.15) is 0 Å². The average molecular weight is 388 g/mol. The van der Waals surface area contributed by atoms with Crippen molar-refractivity contribution in [3.63, 3.8) is 0 Å². The van der Waals surface area contributed by atoms with E-state index < -0.39 is 17.9 Å². The van der Waals surface area contributed by atoms with Crippen molar-refractivity contribution in [3.05, 3.63) is 0 Å². The van der Waals surface area contributed by atoms with E-state index in [4.69, 9.17) is 15.3 Å². The Morgan fingerprint density at radius 2 is 1.22 bits per heavy atom. The van der Waals surface area contributed by atoms with Gasteiger partial charge in [-0.15, -0.1) is 0 Å². The Bertz CT molecular complexity index is 489. The number of aldehydes is 1. The smallest absolute Gasteiger partial charge is 0.317 e. The molecule has 0 saturated carbocycles. The maximum atomic E-state index is 11.0. The van der Waals surface area contributed by atoms with Gasteiger partial charge in [0.05, 0.1) is 26.2 Å². The summed E-state index contributed by atoms with van der Waals surface area (Å²) >= 11 is 0. The van der Waals surface area contributed by atoms with Crippen molar-refractivity contribution in [1.29, 1.82) is 0 Å². The third-order valence-corrected chi connectivity index (χ3v) is 4.34. The first-order valence-corrected chi connectivity index (χ1v) is 8.78. The van der Waals surface area contributed by atoms with Gasteiger partial charge in [-0.1, -0.05) is 0 Å². The number of carboxylic acid groups (broad SMARTS) is 3. The van der Waals surface area contributed by atoms with Gasteiger partial charge in [-0.3, -0.25) is 34.0 Å². The molecule has 0 atom stereocenters. The molecule has 0 radical (unpaired) electrons. The van der Waals surface area contributed by atoms with Gasteiger partial charge in [0.25, 0.3) is 0 Å². The summed E-state index contributed by atoms with van der Waals surface area (Å²) in [7, 11) is 0. The number of carbonyl (C=O) groups excluding carboxylic acids is 1. The molecule has 3 N–H and O–H groups in total. The number of carboxylic acids is 3. The number of hydrogen-bond acceptors (Lipinski definition) is 8. The Morgan fingerprint density at radius 3 is 1.59 bits per heavy atom. The second-order valence-corrected chi connectivity index (χ2v) is 6.48. The fourth-order valence-corrected chi connectivity index (χ4v) is 2.92. The molecule has 0 bridgehead atoms. The molecular weight excluding hydrogens is 360 g/mol. The van der Waals surface area contributed by atoms with E-state index in [9.17, 15) is 19.2 Å². The zero-order valence-corrected chi connectivity index (χ0v) is 15.3. The molecule has 11 heteroatoms. The maximum absolute atomic E-state index is 11.0. The van der Waals surface area contributed by atoms with Crippen molar-refractivity contribution in [2.45, 2.75) is 0 Å².